The van der Waals surface area contributed by atoms with Gasteiger partial charge >= 0.3 is 0 Å². The molecule has 0 radical (unpaired) electrons. The number of nitrogens with one attached hydrogen (secondary N) is 1. The summed E-state index contributed by atoms with van der Waals surface area (Å²) in [6.45, 7) is 8.10. The SMILES string of the molecule is CCCNC1CCC(CCC)CC1SC(C)CO. The number of aliphatic hydroxyl groups excluding tert-OH is 1. The van der Waals surface area contributed by atoms with Crippen LogP contribution in [0.25, 0.3) is 0 Å². The highest BCUT2D eigenvalue weighted by Gasteiger charge is 2.30. The molecule has 0 aromatic carbocycles. The average molecular weight is 273 g/mol. The van der Waals surface area contributed by atoms with Gasteiger partial charge in [-0.1, -0.05) is 33.6 Å². The summed E-state index contributed by atoms with van der Waals surface area (Å²) in [5.74, 6) is 0.915. The van der Waals surface area contributed by atoms with Gasteiger partial charge in [0.1, 0.15) is 0 Å². The Bertz CT molecular complexity index is 213. The summed E-state index contributed by atoms with van der Waals surface area (Å²) in [5.41, 5.74) is 0. The Morgan fingerprint density at radius 1 is 1.28 bits per heavy atom. The first-order valence-electron chi connectivity index (χ1n) is 7.70. The molecule has 0 amide bonds. The van der Waals surface area contributed by atoms with Crippen molar-refractivity contribution < 1.29 is 5.11 Å². The Morgan fingerprint density at radius 2 is 2.06 bits per heavy atom. The van der Waals surface area contributed by atoms with E-state index in [0.29, 0.717) is 23.1 Å². The molecule has 0 bridgehead atoms. The van der Waals surface area contributed by atoms with Gasteiger partial charge in [0.2, 0.25) is 0 Å². The molecule has 0 spiro atoms. The number of hydrogen-bond acceptors (Lipinski definition) is 3. The first-order valence-corrected chi connectivity index (χ1v) is 8.65. The Labute approximate surface area is 117 Å². The van der Waals surface area contributed by atoms with Crippen LogP contribution in [0.15, 0.2) is 0 Å². The predicted molar refractivity (Wildman–Crippen MR) is 82.3 cm³/mol. The van der Waals surface area contributed by atoms with Crippen molar-refractivity contribution in [2.45, 2.75) is 75.8 Å². The Morgan fingerprint density at radius 3 is 2.67 bits per heavy atom. The molecule has 0 aliphatic heterocycles. The van der Waals surface area contributed by atoms with E-state index in [1.54, 1.807) is 0 Å². The maximum atomic E-state index is 9.26. The second-order valence-electron chi connectivity index (χ2n) is 5.70. The van der Waals surface area contributed by atoms with Crippen molar-refractivity contribution in [3.05, 3.63) is 0 Å². The third-order valence-corrected chi connectivity index (χ3v) is 5.40. The molecule has 1 aliphatic rings. The van der Waals surface area contributed by atoms with E-state index in [1.807, 2.05) is 11.8 Å². The second kappa shape index (κ2) is 9.22. The minimum Gasteiger partial charge on any atom is -0.395 e. The van der Waals surface area contributed by atoms with Crippen LogP contribution in [-0.2, 0) is 0 Å². The predicted octanol–water partition coefficient (Wildman–Crippen LogP) is 3.44. The van der Waals surface area contributed by atoms with E-state index in [4.69, 9.17) is 0 Å². The molecule has 1 fully saturated rings. The van der Waals surface area contributed by atoms with Gasteiger partial charge in [0.15, 0.2) is 0 Å². The molecular weight excluding hydrogens is 242 g/mol. The second-order valence-corrected chi connectivity index (χ2v) is 7.38. The zero-order valence-corrected chi connectivity index (χ0v) is 13.1. The van der Waals surface area contributed by atoms with Crippen molar-refractivity contribution in [2.75, 3.05) is 13.2 Å². The largest absolute Gasteiger partial charge is 0.395 e. The van der Waals surface area contributed by atoms with Crippen molar-refractivity contribution in [3.8, 4) is 0 Å². The van der Waals surface area contributed by atoms with Gasteiger partial charge in [0.05, 0.1) is 6.61 Å². The molecule has 0 aromatic heterocycles. The molecule has 4 unspecified atom stereocenters. The van der Waals surface area contributed by atoms with Crippen LogP contribution in [0, 0.1) is 5.92 Å². The summed E-state index contributed by atoms with van der Waals surface area (Å²) in [5, 5.41) is 14.0. The summed E-state index contributed by atoms with van der Waals surface area (Å²) < 4.78 is 0. The van der Waals surface area contributed by atoms with Crippen LogP contribution in [0.2, 0.25) is 0 Å². The highest BCUT2D eigenvalue weighted by Crippen LogP contribution is 2.36. The number of hydrogen-bond donors (Lipinski definition) is 2. The van der Waals surface area contributed by atoms with Crippen LogP contribution in [0.1, 0.15) is 59.3 Å². The lowest BCUT2D eigenvalue weighted by Gasteiger charge is -2.37. The zero-order chi connectivity index (χ0) is 13.4. The van der Waals surface area contributed by atoms with Gasteiger partial charge in [-0.3, -0.25) is 0 Å². The molecule has 18 heavy (non-hydrogen) atoms. The molecule has 0 heterocycles. The van der Waals surface area contributed by atoms with Gasteiger partial charge < -0.3 is 10.4 Å². The maximum Gasteiger partial charge on any atom is 0.0547 e. The van der Waals surface area contributed by atoms with Crippen LogP contribution in [-0.4, -0.2) is 34.8 Å². The third-order valence-electron chi connectivity index (χ3n) is 3.92. The fourth-order valence-electron chi connectivity index (χ4n) is 2.94. The molecule has 2 nitrogen and oxygen atoms in total. The van der Waals surface area contributed by atoms with E-state index in [9.17, 15) is 5.11 Å². The number of thioether (sulfide) groups is 1. The minimum atomic E-state index is 0.306. The summed E-state index contributed by atoms with van der Waals surface area (Å²) in [4.78, 5) is 0. The van der Waals surface area contributed by atoms with Crippen LogP contribution in [0.3, 0.4) is 0 Å². The van der Waals surface area contributed by atoms with Crippen LogP contribution < -0.4 is 5.32 Å². The quantitative estimate of drug-likeness (QED) is 0.710. The van der Waals surface area contributed by atoms with E-state index >= 15 is 0 Å². The minimum absolute atomic E-state index is 0.306. The van der Waals surface area contributed by atoms with E-state index in [0.717, 1.165) is 12.5 Å². The first kappa shape index (κ1) is 16.3. The van der Waals surface area contributed by atoms with Crippen molar-refractivity contribution >= 4 is 11.8 Å². The summed E-state index contributed by atoms with van der Waals surface area (Å²) in [7, 11) is 0. The Hall–Kier alpha value is 0.270. The molecule has 1 aliphatic carbocycles. The van der Waals surface area contributed by atoms with Gasteiger partial charge in [-0.25, -0.2) is 0 Å². The highest BCUT2D eigenvalue weighted by atomic mass is 32.2. The van der Waals surface area contributed by atoms with Crippen molar-refractivity contribution in [2.24, 2.45) is 5.92 Å². The standard InChI is InChI=1S/C15H31NOS/c1-4-6-13-7-8-14(16-9-5-2)15(10-13)18-12(3)11-17/h12-17H,4-11H2,1-3H3. The Kier molecular flexibility index (Phi) is 8.36. The average Bonchev–Trinajstić information content (AvgIpc) is 2.38. The maximum absolute atomic E-state index is 9.26. The van der Waals surface area contributed by atoms with E-state index in [-0.39, 0.29) is 0 Å². The molecule has 0 aromatic rings. The van der Waals surface area contributed by atoms with Gasteiger partial charge in [-0.15, -0.1) is 0 Å². The topological polar surface area (TPSA) is 32.3 Å². The fourth-order valence-corrected chi connectivity index (χ4v) is 4.43. The van der Waals surface area contributed by atoms with Crippen molar-refractivity contribution in [1.29, 1.82) is 0 Å². The zero-order valence-electron chi connectivity index (χ0n) is 12.3. The molecule has 108 valence electrons. The van der Waals surface area contributed by atoms with E-state index in [1.165, 1.54) is 38.5 Å². The van der Waals surface area contributed by atoms with Gasteiger partial charge in [0.25, 0.3) is 0 Å². The monoisotopic (exact) mass is 273 g/mol. The molecule has 1 rings (SSSR count). The van der Waals surface area contributed by atoms with E-state index in [2.05, 4.69) is 26.1 Å². The molecule has 4 atom stereocenters. The summed E-state index contributed by atoms with van der Waals surface area (Å²) >= 11 is 2.00. The molecule has 3 heteroatoms. The van der Waals surface area contributed by atoms with Crippen LogP contribution in [0.4, 0.5) is 0 Å². The number of rotatable bonds is 8. The lowest BCUT2D eigenvalue weighted by Crippen LogP contribution is -2.43. The van der Waals surface area contributed by atoms with Crippen molar-refractivity contribution in [3.63, 3.8) is 0 Å². The third kappa shape index (κ3) is 5.50. The van der Waals surface area contributed by atoms with E-state index < -0.39 is 0 Å². The fraction of sp³-hybridized carbons (Fsp3) is 1.00. The molecule has 0 saturated heterocycles. The van der Waals surface area contributed by atoms with Crippen LogP contribution in [0.5, 0.6) is 0 Å². The van der Waals surface area contributed by atoms with Crippen molar-refractivity contribution in [1.82, 2.24) is 5.32 Å². The molecule has 2 N–H and O–H groups in total. The van der Waals surface area contributed by atoms with Gasteiger partial charge in [0, 0.05) is 16.5 Å². The first-order chi connectivity index (χ1) is 8.71. The smallest absolute Gasteiger partial charge is 0.0547 e. The highest BCUT2D eigenvalue weighted by molar-refractivity contribution is 8.00. The summed E-state index contributed by atoms with van der Waals surface area (Å²) in [6.07, 6.45) is 7.95. The molecular formula is C15H31NOS. The Balaban J connectivity index is 2.49. The van der Waals surface area contributed by atoms with Crippen LogP contribution >= 0.6 is 11.8 Å². The normalized spacial score (nSPS) is 30.3. The summed E-state index contributed by atoms with van der Waals surface area (Å²) in [6, 6.07) is 0.664. The number of aliphatic hydroxyl groups is 1. The van der Waals surface area contributed by atoms with Gasteiger partial charge in [-0.05, 0) is 38.1 Å². The lowest BCUT2D eigenvalue weighted by molar-refractivity contribution is 0.281. The molecule has 1 saturated carbocycles. The lowest BCUT2D eigenvalue weighted by atomic mass is 9.83. The van der Waals surface area contributed by atoms with Gasteiger partial charge in [-0.2, -0.15) is 11.8 Å².